The summed E-state index contributed by atoms with van der Waals surface area (Å²) in [4.78, 5) is 2.09. The zero-order valence-electron chi connectivity index (χ0n) is 10.6. The number of benzene rings is 2. The van der Waals surface area contributed by atoms with Crippen molar-refractivity contribution in [2.24, 2.45) is 0 Å². The number of hydrogen-bond donors (Lipinski definition) is 1. The Kier molecular flexibility index (Phi) is 3.33. The van der Waals surface area contributed by atoms with Gasteiger partial charge in [-0.05, 0) is 48.9 Å². The minimum absolute atomic E-state index is 1.11. The first-order valence-electron chi connectivity index (χ1n) is 5.76. The Balaban J connectivity index is 2.14. The van der Waals surface area contributed by atoms with Crippen molar-refractivity contribution in [3.63, 3.8) is 0 Å². The second-order valence-electron chi connectivity index (χ2n) is 4.44. The van der Waals surface area contributed by atoms with Crippen molar-refractivity contribution in [3.05, 3.63) is 54.1 Å². The summed E-state index contributed by atoms with van der Waals surface area (Å²) in [7, 11) is 4.09. The van der Waals surface area contributed by atoms with E-state index in [1.807, 2.05) is 14.1 Å². The molecule has 0 aliphatic rings. The van der Waals surface area contributed by atoms with E-state index in [2.05, 4.69) is 65.7 Å². The Morgan fingerprint density at radius 1 is 0.882 bits per heavy atom. The summed E-state index contributed by atoms with van der Waals surface area (Å²) in [6.45, 7) is 2.10. The second-order valence-corrected chi connectivity index (χ2v) is 4.44. The number of aryl methyl sites for hydroxylation is 1. The fourth-order valence-electron chi connectivity index (χ4n) is 1.73. The molecule has 0 amide bonds. The third-order valence-corrected chi connectivity index (χ3v) is 2.69. The molecule has 2 rings (SSSR count). The maximum absolute atomic E-state index is 3.39. The zero-order valence-corrected chi connectivity index (χ0v) is 10.6. The summed E-state index contributed by atoms with van der Waals surface area (Å²) in [5.74, 6) is 0. The Hall–Kier alpha value is -1.96. The topological polar surface area (TPSA) is 15.3 Å². The van der Waals surface area contributed by atoms with Gasteiger partial charge in [0, 0.05) is 31.2 Å². The SMILES string of the molecule is Cc1cccc(Nc2ccc(N(C)C)cc2)c1. The average molecular weight is 226 g/mol. The van der Waals surface area contributed by atoms with Crippen molar-refractivity contribution in [2.45, 2.75) is 6.92 Å². The predicted molar refractivity (Wildman–Crippen MR) is 75.2 cm³/mol. The molecule has 0 saturated heterocycles. The summed E-state index contributed by atoms with van der Waals surface area (Å²) in [6, 6.07) is 16.8. The molecule has 2 aromatic carbocycles. The van der Waals surface area contributed by atoms with Gasteiger partial charge in [0.05, 0.1) is 0 Å². The Morgan fingerprint density at radius 3 is 2.18 bits per heavy atom. The van der Waals surface area contributed by atoms with Crippen LogP contribution in [0.1, 0.15) is 5.56 Å². The van der Waals surface area contributed by atoms with Crippen LogP contribution in [-0.4, -0.2) is 14.1 Å². The van der Waals surface area contributed by atoms with Gasteiger partial charge >= 0.3 is 0 Å². The first kappa shape index (κ1) is 11.5. The van der Waals surface area contributed by atoms with Crippen LogP contribution in [0.2, 0.25) is 0 Å². The van der Waals surface area contributed by atoms with Crippen molar-refractivity contribution in [1.82, 2.24) is 0 Å². The molecule has 2 nitrogen and oxygen atoms in total. The van der Waals surface area contributed by atoms with E-state index >= 15 is 0 Å². The lowest BCUT2D eigenvalue weighted by molar-refractivity contribution is 1.13. The lowest BCUT2D eigenvalue weighted by Gasteiger charge is -2.13. The lowest BCUT2D eigenvalue weighted by atomic mass is 10.2. The van der Waals surface area contributed by atoms with Crippen LogP contribution in [0.5, 0.6) is 0 Å². The molecule has 17 heavy (non-hydrogen) atoms. The normalized spacial score (nSPS) is 10.1. The van der Waals surface area contributed by atoms with Crippen molar-refractivity contribution in [1.29, 1.82) is 0 Å². The molecule has 0 bridgehead atoms. The van der Waals surface area contributed by atoms with Gasteiger partial charge in [-0.15, -0.1) is 0 Å². The molecular weight excluding hydrogens is 208 g/mol. The molecule has 2 heteroatoms. The van der Waals surface area contributed by atoms with Crippen LogP contribution in [0.15, 0.2) is 48.5 Å². The van der Waals surface area contributed by atoms with Crippen molar-refractivity contribution in [3.8, 4) is 0 Å². The number of nitrogens with one attached hydrogen (secondary N) is 1. The van der Waals surface area contributed by atoms with E-state index in [9.17, 15) is 0 Å². The number of anilines is 3. The quantitative estimate of drug-likeness (QED) is 0.856. The van der Waals surface area contributed by atoms with E-state index < -0.39 is 0 Å². The highest BCUT2D eigenvalue weighted by Gasteiger charge is 1.97. The molecule has 1 N–H and O–H groups in total. The van der Waals surface area contributed by atoms with Gasteiger partial charge in [-0.2, -0.15) is 0 Å². The van der Waals surface area contributed by atoms with Crippen LogP contribution >= 0.6 is 0 Å². The highest BCUT2D eigenvalue weighted by molar-refractivity contribution is 5.63. The monoisotopic (exact) mass is 226 g/mol. The fraction of sp³-hybridized carbons (Fsp3) is 0.200. The second kappa shape index (κ2) is 4.91. The van der Waals surface area contributed by atoms with Crippen LogP contribution in [0, 0.1) is 6.92 Å². The van der Waals surface area contributed by atoms with E-state index in [1.165, 1.54) is 11.3 Å². The summed E-state index contributed by atoms with van der Waals surface area (Å²) < 4.78 is 0. The Bertz CT molecular complexity index is 487. The smallest absolute Gasteiger partial charge is 0.0386 e. The van der Waals surface area contributed by atoms with Crippen LogP contribution in [0.3, 0.4) is 0 Å². The molecule has 0 radical (unpaired) electrons. The summed E-state index contributed by atoms with van der Waals surface area (Å²) >= 11 is 0. The largest absolute Gasteiger partial charge is 0.378 e. The van der Waals surface area contributed by atoms with Crippen molar-refractivity contribution >= 4 is 17.1 Å². The molecule has 0 saturated carbocycles. The first-order valence-corrected chi connectivity index (χ1v) is 5.76. The standard InChI is InChI=1S/C15H18N2/c1-12-5-4-6-14(11-12)16-13-7-9-15(10-8-13)17(2)3/h4-11,16H,1-3H3. The molecule has 88 valence electrons. The maximum Gasteiger partial charge on any atom is 0.0386 e. The van der Waals surface area contributed by atoms with Crippen LogP contribution in [0.25, 0.3) is 0 Å². The summed E-state index contributed by atoms with van der Waals surface area (Å²) in [5.41, 5.74) is 4.71. The molecule has 0 aliphatic heterocycles. The maximum atomic E-state index is 3.39. The lowest BCUT2D eigenvalue weighted by Crippen LogP contribution is -2.08. The van der Waals surface area contributed by atoms with E-state index in [0.29, 0.717) is 0 Å². The molecular formula is C15H18N2. The molecule has 0 atom stereocenters. The van der Waals surface area contributed by atoms with Crippen LogP contribution in [0.4, 0.5) is 17.1 Å². The van der Waals surface area contributed by atoms with Crippen molar-refractivity contribution < 1.29 is 0 Å². The third kappa shape index (κ3) is 3.00. The van der Waals surface area contributed by atoms with Gasteiger partial charge in [0.1, 0.15) is 0 Å². The molecule has 0 aromatic heterocycles. The van der Waals surface area contributed by atoms with Crippen molar-refractivity contribution in [2.75, 3.05) is 24.3 Å². The third-order valence-electron chi connectivity index (χ3n) is 2.69. The highest BCUT2D eigenvalue weighted by atomic mass is 15.1. The molecule has 2 aromatic rings. The molecule has 0 unspecified atom stereocenters. The minimum atomic E-state index is 1.11. The number of hydrogen-bond acceptors (Lipinski definition) is 2. The van der Waals surface area contributed by atoms with Gasteiger partial charge in [0.25, 0.3) is 0 Å². The van der Waals surface area contributed by atoms with Gasteiger partial charge < -0.3 is 10.2 Å². The van der Waals surface area contributed by atoms with Gasteiger partial charge in [0.15, 0.2) is 0 Å². The van der Waals surface area contributed by atoms with Gasteiger partial charge in [0.2, 0.25) is 0 Å². The average Bonchev–Trinajstić information content (AvgIpc) is 2.29. The van der Waals surface area contributed by atoms with E-state index in [0.717, 1.165) is 11.4 Å². The molecule has 0 fully saturated rings. The number of rotatable bonds is 3. The fourth-order valence-corrected chi connectivity index (χ4v) is 1.73. The first-order chi connectivity index (χ1) is 8.15. The van der Waals surface area contributed by atoms with E-state index in [4.69, 9.17) is 0 Å². The predicted octanol–water partition coefficient (Wildman–Crippen LogP) is 3.80. The number of nitrogens with zero attached hydrogens (tertiary/aromatic N) is 1. The van der Waals surface area contributed by atoms with Crippen LogP contribution < -0.4 is 10.2 Å². The molecule has 0 aliphatic carbocycles. The van der Waals surface area contributed by atoms with Gasteiger partial charge in [-0.1, -0.05) is 12.1 Å². The van der Waals surface area contributed by atoms with E-state index in [-0.39, 0.29) is 0 Å². The van der Waals surface area contributed by atoms with E-state index in [1.54, 1.807) is 0 Å². The van der Waals surface area contributed by atoms with Crippen LogP contribution in [-0.2, 0) is 0 Å². The Morgan fingerprint density at radius 2 is 1.59 bits per heavy atom. The van der Waals surface area contributed by atoms with Gasteiger partial charge in [-0.3, -0.25) is 0 Å². The summed E-state index contributed by atoms with van der Waals surface area (Å²) in [5, 5.41) is 3.39. The zero-order chi connectivity index (χ0) is 12.3. The molecule has 0 heterocycles. The summed E-state index contributed by atoms with van der Waals surface area (Å²) in [6.07, 6.45) is 0. The molecule has 0 spiro atoms. The minimum Gasteiger partial charge on any atom is -0.378 e. The van der Waals surface area contributed by atoms with Gasteiger partial charge in [-0.25, -0.2) is 0 Å². The Labute approximate surface area is 103 Å². The highest BCUT2D eigenvalue weighted by Crippen LogP contribution is 2.20.